The van der Waals surface area contributed by atoms with Gasteiger partial charge in [-0.2, -0.15) is 0 Å². The molecule has 0 radical (unpaired) electrons. The minimum atomic E-state index is -0.157. The molecule has 2 saturated heterocycles. The van der Waals surface area contributed by atoms with Gasteiger partial charge in [-0.1, -0.05) is 17.8 Å². The van der Waals surface area contributed by atoms with Crippen molar-refractivity contribution in [3.63, 3.8) is 0 Å². The maximum atomic E-state index is 14.0. The van der Waals surface area contributed by atoms with Gasteiger partial charge in [0.25, 0.3) is 0 Å². The molecule has 30 heavy (non-hydrogen) atoms. The van der Waals surface area contributed by atoms with Gasteiger partial charge in [-0.15, -0.1) is 0 Å². The van der Waals surface area contributed by atoms with Crippen LogP contribution in [0, 0.1) is 9.39 Å². The van der Waals surface area contributed by atoms with Crippen molar-refractivity contribution in [2.75, 3.05) is 45.9 Å². The van der Waals surface area contributed by atoms with E-state index in [4.69, 9.17) is 9.47 Å². The van der Waals surface area contributed by atoms with Crippen LogP contribution in [0.25, 0.3) is 0 Å². The maximum Gasteiger partial charge on any atom is 0.159 e. The average molecular weight is 540 g/mol. The highest BCUT2D eigenvalue weighted by atomic mass is 127. The van der Waals surface area contributed by atoms with Crippen LogP contribution < -0.4 is 0 Å². The summed E-state index contributed by atoms with van der Waals surface area (Å²) in [6.07, 6.45) is 1.89. The zero-order valence-corrected chi connectivity index (χ0v) is 19.8. The molecule has 0 N–H and O–H groups in total. The van der Waals surface area contributed by atoms with E-state index in [1.807, 2.05) is 6.07 Å². The molecule has 5 rings (SSSR count). The Morgan fingerprint density at radius 2 is 1.80 bits per heavy atom. The zero-order chi connectivity index (χ0) is 20.5. The van der Waals surface area contributed by atoms with E-state index >= 15 is 0 Å². The molecule has 4 nitrogen and oxygen atoms in total. The third-order valence-electron chi connectivity index (χ3n) is 6.21. The van der Waals surface area contributed by atoms with E-state index in [1.54, 1.807) is 23.9 Å². The number of rotatable bonds is 4. The molecular formula is C23H26FIN2O2S. The Hall–Kier alpha value is -0.710. The summed E-state index contributed by atoms with van der Waals surface area (Å²) in [4.78, 5) is 7.40. The molecule has 1 unspecified atom stereocenters. The van der Waals surface area contributed by atoms with Crippen LogP contribution in [0.5, 0.6) is 0 Å². The molecule has 3 aliphatic heterocycles. The Balaban J connectivity index is 1.32. The fraction of sp³-hybridized carbons (Fsp3) is 0.478. The summed E-state index contributed by atoms with van der Waals surface area (Å²) in [7, 11) is 0. The first kappa shape index (κ1) is 21.2. The van der Waals surface area contributed by atoms with Crippen molar-refractivity contribution in [2.24, 2.45) is 0 Å². The number of halogens is 2. The van der Waals surface area contributed by atoms with Gasteiger partial charge < -0.3 is 14.4 Å². The van der Waals surface area contributed by atoms with E-state index in [0.717, 1.165) is 63.7 Å². The maximum absolute atomic E-state index is 14.0. The monoisotopic (exact) mass is 540 g/mol. The van der Waals surface area contributed by atoms with Gasteiger partial charge in [0.2, 0.25) is 0 Å². The number of nitrogens with zero attached hydrogens (tertiary/aromatic N) is 2. The first-order chi connectivity index (χ1) is 14.7. The Kier molecular flexibility index (Phi) is 6.64. The van der Waals surface area contributed by atoms with Gasteiger partial charge in [0.05, 0.1) is 13.2 Å². The lowest BCUT2D eigenvalue weighted by Gasteiger charge is -2.40. The fourth-order valence-corrected chi connectivity index (χ4v) is 6.30. The summed E-state index contributed by atoms with van der Waals surface area (Å²) in [5.41, 5.74) is 2.63. The predicted molar refractivity (Wildman–Crippen MR) is 124 cm³/mol. The van der Waals surface area contributed by atoms with Gasteiger partial charge in [0, 0.05) is 58.5 Å². The summed E-state index contributed by atoms with van der Waals surface area (Å²) < 4.78 is 26.4. The molecule has 3 heterocycles. The minimum absolute atomic E-state index is 0.0253. The van der Waals surface area contributed by atoms with Gasteiger partial charge in [0.1, 0.15) is 5.82 Å². The van der Waals surface area contributed by atoms with E-state index < -0.39 is 0 Å². The average Bonchev–Trinajstić information content (AvgIpc) is 3.22. The van der Waals surface area contributed by atoms with Crippen LogP contribution in [0.15, 0.2) is 46.2 Å². The van der Waals surface area contributed by atoms with Crippen molar-refractivity contribution in [1.29, 1.82) is 0 Å². The SMILES string of the molecule is Fc1ccc2c(c1)Sc1ccc(I)cc1CC2N1CCN(CCC2OCCO2)CC1. The predicted octanol–water partition coefficient (Wildman–Crippen LogP) is 4.56. The molecular weight excluding hydrogens is 514 g/mol. The molecule has 2 aromatic rings. The van der Waals surface area contributed by atoms with Crippen LogP contribution in [-0.4, -0.2) is 62.0 Å². The Bertz CT molecular complexity index is 901. The first-order valence-corrected chi connectivity index (χ1v) is 12.5. The van der Waals surface area contributed by atoms with Crippen molar-refractivity contribution in [3.8, 4) is 0 Å². The van der Waals surface area contributed by atoms with Crippen LogP contribution >= 0.6 is 34.4 Å². The third-order valence-corrected chi connectivity index (χ3v) is 8.07. The lowest BCUT2D eigenvalue weighted by molar-refractivity contribution is -0.0538. The lowest BCUT2D eigenvalue weighted by Crippen LogP contribution is -2.48. The topological polar surface area (TPSA) is 24.9 Å². The van der Waals surface area contributed by atoms with Crippen molar-refractivity contribution >= 4 is 34.4 Å². The molecule has 0 aliphatic carbocycles. The second kappa shape index (κ2) is 9.42. The van der Waals surface area contributed by atoms with Gasteiger partial charge >= 0.3 is 0 Å². The summed E-state index contributed by atoms with van der Waals surface area (Å²) in [5.74, 6) is -0.157. The van der Waals surface area contributed by atoms with Crippen LogP contribution in [0.1, 0.15) is 23.6 Å². The van der Waals surface area contributed by atoms with Crippen molar-refractivity contribution < 1.29 is 13.9 Å². The molecule has 0 spiro atoms. The molecule has 0 aromatic heterocycles. The Morgan fingerprint density at radius 1 is 1.00 bits per heavy atom. The largest absolute Gasteiger partial charge is 0.350 e. The standard InChI is InChI=1S/C23H26FIN2O2S/c24-17-1-3-19-20(14-16-13-18(25)2-4-21(16)30-22(19)15-17)27-9-7-26(8-10-27)6-5-23-28-11-12-29-23/h1-4,13,15,20,23H,5-12,14H2. The number of ether oxygens (including phenoxy) is 2. The normalized spacial score (nSPS) is 23.2. The lowest BCUT2D eigenvalue weighted by atomic mass is 9.96. The van der Waals surface area contributed by atoms with Crippen LogP contribution in [0.3, 0.4) is 0 Å². The van der Waals surface area contributed by atoms with Gasteiger partial charge in [-0.3, -0.25) is 4.90 Å². The summed E-state index contributed by atoms with van der Waals surface area (Å²) in [6.45, 7) is 6.60. The van der Waals surface area contributed by atoms with Crippen molar-refractivity contribution in [1.82, 2.24) is 9.80 Å². The molecule has 0 saturated carbocycles. The second-order valence-corrected chi connectivity index (χ2v) is 10.4. The fourth-order valence-electron chi connectivity index (χ4n) is 4.60. The number of piperazine rings is 1. The van der Waals surface area contributed by atoms with Crippen LogP contribution in [-0.2, 0) is 15.9 Å². The number of hydrogen-bond acceptors (Lipinski definition) is 5. The van der Waals surface area contributed by atoms with E-state index in [1.165, 1.54) is 19.6 Å². The van der Waals surface area contributed by atoms with Crippen molar-refractivity contribution in [2.45, 2.75) is 35.0 Å². The third kappa shape index (κ3) is 4.71. The number of hydrogen-bond donors (Lipinski definition) is 0. The summed E-state index contributed by atoms with van der Waals surface area (Å²) in [5, 5.41) is 0. The Labute approximate surface area is 195 Å². The first-order valence-electron chi connectivity index (χ1n) is 10.6. The summed E-state index contributed by atoms with van der Waals surface area (Å²) in [6, 6.07) is 12.2. The number of benzene rings is 2. The highest BCUT2D eigenvalue weighted by molar-refractivity contribution is 14.1. The molecule has 7 heteroatoms. The Morgan fingerprint density at radius 3 is 2.60 bits per heavy atom. The molecule has 3 aliphatic rings. The molecule has 160 valence electrons. The quantitative estimate of drug-likeness (QED) is 0.530. The molecule has 2 aromatic carbocycles. The summed E-state index contributed by atoms with van der Waals surface area (Å²) >= 11 is 4.09. The van der Waals surface area contributed by atoms with E-state index in [2.05, 4.69) is 50.6 Å². The van der Waals surface area contributed by atoms with E-state index in [0.29, 0.717) is 0 Å². The minimum Gasteiger partial charge on any atom is -0.350 e. The highest BCUT2D eigenvalue weighted by Gasteiger charge is 2.30. The number of fused-ring (bicyclic) bond motifs is 2. The molecule has 0 bridgehead atoms. The smallest absolute Gasteiger partial charge is 0.159 e. The highest BCUT2D eigenvalue weighted by Crippen LogP contribution is 2.43. The second-order valence-electron chi connectivity index (χ2n) is 8.09. The zero-order valence-electron chi connectivity index (χ0n) is 16.9. The van der Waals surface area contributed by atoms with Crippen LogP contribution in [0.2, 0.25) is 0 Å². The molecule has 1 atom stereocenters. The van der Waals surface area contributed by atoms with Crippen molar-refractivity contribution in [3.05, 3.63) is 56.9 Å². The van der Waals surface area contributed by atoms with Gasteiger partial charge in [-0.05, 0) is 70.5 Å². The van der Waals surface area contributed by atoms with Gasteiger partial charge in [-0.25, -0.2) is 4.39 Å². The van der Waals surface area contributed by atoms with E-state index in [9.17, 15) is 4.39 Å². The van der Waals surface area contributed by atoms with Gasteiger partial charge in [0.15, 0.2) is 6.29 Å². The van der Waals surface area contributed by atoms with Crippen LogP contribution in [0.4, 0.5) is 4.39 Å². The van der Waals surface area contributed by atoms with E-state index in [-0.39, 0.29) is 18.1 Å². The molecule has 2 fully saturated rings. The molecule has 0 amide bonds.